The Balaban J connectivity index is 1.70. The quantitative estimate of drug-likeness (QED) is 0.360. The standard InChI is InChI=1S/C28H27NO3/c1-21-14-16-23(17-15-21)26(30)28(18-8-11-22-9-4-3-5-10-22)19-20-29(27(28)31)24-12-6-7-13-25(24)32-2/h3-17H,18-20H2,1-2H3/t28-/m0/s1. The van der Waals surface area contributed by atoms with Crippen LogP contribution in [-0.2, 0) is 4.79 Å². The third kappa shape index (κ3) is 4.09. The summed E-state index contributed by atoms with van der Waals surface area (Å²) < 4.78 is 5.48. The van der Waals surface area contributed by atoms with Crippen molar-refractivity contribution >= 4 is 23.5 Å². The number of benzene rings is 3. The van der Waals surface area contributed by atoms with Crippen LogP contribution < -0.4 is 9.64 Å². The molecule has 0 bridgehead atoms. The lowest BCUT2D eigenvalue weighted by Gasteiger charge is -2.26. The predicted octanol–water partition coefficient (Wildman–Crippen LogP) is 5.71. The van der Waals surface area contributed by atoms with Gasteiger partial charge in [-0.25, -0.2) is 0 Å². The number of para-hydroxylation sites is 2. The van der Waals surface area contributed by atoms with Crippen molar-refractivity contribution in [2.24, 2.45) is 5.41 Å². The normalized spacial score (nSPS) is 18.3. The van der Waals surface area contributed by atoms with Crippen LogP contribution in [0.15, 0.2) is 84.9 Å². The van der Waals surface area contributed by atoms with E-state index in [1.807, 2.05) is 97.9 Å². The first-order valence-corrected chi connectivity index (χ1v) is 10.8. The number of Topliss-reactive ketones (excluding diaryl/α,β-unsaturated/α-hetero) is 1. The maximum atomic E-state index is 13.8. The van der Waals surface area contributed by atoms with E-state index in [9.17, 15) is 9.59 Å². The van der Waals surface area contributed by atoms with E-state index in [4.69, 9.17) is 4.74 Å². The zero-order chi connectivity index (χ0) is 22.6. The summed E-state index contributed by atoms with van der Waals surface area (Å²) in [6.07, 6.45) is 4.73. The van der Waals surface area contributed by atoms with Crippen LogP contribution in [0.5, 0.6) is 5.75 Å². The molecule has 32 heavy (non-hydrogen) atoms. The molecule has 0 aromatic heterocycles. The lowest BCUT2D eigenvalue weighted by Crippen LogP contribution is -2.40. The number of methoxy groups -OCH3 is 1. The van der Waals surface area contributed by atoms with Gasteiger partial charge in [0, 0.05) is 12.1 Å². The zero-order valence-corrected chi connectivity index (χ0v) is 18.5. The van der Waals surface area contributed by atoms with Gasteiger partial charge in [0.2, 0.25) is 5.91 Å². The minimum Gasteiger partial charge on any atom is -0.495 e. The fraction of sp³-hybridized carbons (Fsp3) is 0.214. The number of allylic oxidation sites excluding steroid dienone is 1. The minimum atomic E-state index is -1.14. The highest BCUT2D eigenvalue weighted by molar-refractivity contribution is 6.20. The molecular weight excluding hydrogens is 398 g/mol. The summed E-state index contributed by atoms with van der Waals surface area (Å²) in [7, 11) is 1.59. The number of hydrogen-bond donors (Lipinski definition) is 0. The van der Waals surface area contributed by atoms with E-state index in [0.717, 1.165) is 11.1 Å². The van der Waals surface area contributed by atoms with E-state index in [1.165, 1.54) is 0 Å². The van der Waals surface area contributed by atoms with Gasteiger partial charge in [0.05, 0.1) is 12.8 Å². The van der Waals surface area contributed by atoms with Gasteiger partial charge in [-0.05, 0) is 37.5 Å². The van der Waals surface area contributed by atoms with Crippen molar-refractivity contribution in [2.45, 2.75) is 19.8 Å². The Hall–Kier alpha value is -3.66. The highest BCUT2D eigenvalue weighted by Crippen LogP contribution is 2.43. The lowest BCUT2D eigenvalue weighted by atomic mass is 9.75. The van der Waals surface area contributed by atoms with Crippen molar-refractivity contribution in [1.29, 1.82) is 0 Å². The highest BCUT2D eigenvalue weighted by Gasteiger charge is 2.52. The molecule has 4 nitrogen and oxygen atoms in total. The molecule has 1 aliphatic heterocycles. The molecule has 1 heterocycles. The largest absolute Gasteiger partial charge is 0.495 e. The number of anilines is 1. The van der Waals surface area contributed by atoms with E-state index in [0.29, 0.717) is 36.4 Å². The van der Waals surface area contributed by atoms with Crippen molar-refractivity contribution in [3.05, 3.63) is 102 Å². The van der Waals surface area contributed by atoms with Gasteiger partial charge >= 0.3 is 0 Å². The van der Waals surface area contributed by atoms with Crippen LogP contribution in [0.3, 0.4) is 0 Å². The first-order chi connectivity index (χ1) is 15.5. The van der Waals surface area contributed by atoms with Crippen molar-refractivity contribution in [1.82, 2.24) is 0 Å². The maximum absolute atomic E-state index is 13.8. The fourth-order valence-electron chi connectivity index (χ4n) is 4.29. The number of hydrogen-bond acceptors (Lipinski definition) is 3. The number of ketones is 1. The molecule has 0 N–H and O–H groups in total. The number of ether oxygens (including phenoxy) is 1. The van der Waals surface area contributed by atoms with Crippen LogP contribution in [-0.4, -0.2) is 25.3 Å². The molecule has 1 fully saturated rings. The minimum absolute atomic E-state index is 0.127. The van der Waals surface area contributed by atoms with Crippen molar-refractivity contribution in [3.8, 4) is 5.75 Å². The summed E-state index contributed by atoms with van der Waals surface area (Å²) in [4.78, 5) is 29.3. The van der Waals surface area contributed by atoms with Gasteiger partial charge in [-0.2, -0.15) is 0 Å². The molecule has 0 spiro atoms. The fourth-order valence-corrected chi connectivity index (χ4v) is 4.29. The summed E-state index contributed by atoms with van der Waals surface area (Å²) in [5.41, 5.74) is 2.25. The molecule has 4 rings (SSSR count). The SMILES string of the molecule is COc1ccccc1N1CC[C@@](CC=Cc2ccccc2)(C(=O)c2ccc(C)cc2)C1=O. The second kappa shape index (κ2) is 9.23. The topological polar surface area (TPSA) is 46.6 Å². The second-order valence-corrected chi connectivity index (χ2v) is 8.17. The highest BCUT2D eigenvalue weighted by atomic mass is 16.5. The molecule has 162 valence electrons. The van der Waals surface area contributed by atoms with Gasteiger partial charge in [0.1, 0.15) is 11.2 Å². The third-order valence-corrected chi connectivity index (χ3v) is 6.12. The lowest BCUT2D eigenvalue weighted by molar-refractivity contribution is -0.123. The number of amides is 1. The first kappa shape index (κ1) is 21.6. The van der Waals surface area contributed by atoms with Gasteiger partial charge in [0.25, 0.3) is 0 Å². The van der Waals surface area contributed by atoms with Crippen molar-refractivity contribution in [3.63, 3.8) is 0 Å². The molecule has 0 saturated carbocycles. The molecule has 4 heteroatoms. The molecule has 3 aromatic carbocycles. The van der Waals surface area contributed by atoms with E-state index in [-0.39, 0.29) is 11.7 Å². The van der Waals surface area contributed by atoms with Gasteiger partial charge < -0.3 is 9.64 Å². The Morgan fingerprint density at radius 2 is 1.69 bits per heavy atom. The van der Waals surface area contributed by atoms with Crippen molar-refractivity contribution < 1.29 is 14.3 Å². The third-order valence-electron chi connectivity index (χ3n) is 6.12. The van der Waals surface area contributed by atoms with Crippen LogP contribution in [0.4, 0.5) is 5.69 Å². The molecule has 3 aromatic rings. The molecule has 0 aliphatic carbocycles. The Morgan fingerprint density at radius 3 is 2.41 bits per heavy atom. The summed E-state index contributed by atoms with van der Waals surface area (Å²) in [6, 6.07) is 24.8. The summed E-state index contributed by atoms with van der Waals surface area (Å²) in [5, 5.41) is 0. The summed E-state index contributed by atoms with van der Waals surface area (Å²) in [5.74, 6) is 0.321. The van der Waals surface area contributed by atoms with Crippen LogP contribution in [0.25, 0.3) is 6.08 Å². The smallest absolute Gasteiger partial charge is 0.241 e. The molecular formula is C28H27NO3. The van der Waals surface area contributed by atoms with Crippen LogP contribution in [0.2, 0.25) is 0 Å². The molecule has 1 amide bonds. The zero-order valence-electron chi connectivity index (χ0n) is 18.5. The molecule has 1 atom stereocenters. The average molecular weight is 426 g/mol. The molecule has 0 unspecified atom stereocenters. The van der Waals surface area contributed by atoms with E-state index in [1.54, 1.807) is 12.0 Å². The number of carbonyl (C=O) groups excluding carboxylic acids is 2. The Bertz CT molecular complexity index is 1130. The van der Waals surface area contributed by atoms with Crippen LogP contribution in [0.1, 0.15) is 34.3 Å². The summed E-state index contributed by atoms with van der Waals surface area (Å²) in [6.45, 7) is 2.45. The Kier molecular flexibility index (Phi) is 6.22. The molecule has 1 saturated heterocycles. The number of carbonyl (C=O) groups is 2. The van der Waals surface area contributed by atoms with Gasteiger partial charge in [0.15, 0.2) is 5.78 Å². The monoisotopic (exact) mass is 425 g/mol. The molecule has 1 aliphatic rings. The predicted molar refractivity (Wildman–Crippen MR) is 128 cm³/mol. The van der Waals surface area contributed by atoms with E-state index in [2.05, 4.69) is 0 Å². The van der Waals surface area contributed by atoms with E-state index < -0.39 is 5.41 Å². The van der Waals surface area contributed by atoms with Crippen LogP contribution >= 0.6 is 0 Å². The maximum Gasteiger partial charge on any atom is 0.241 e. The number of aryl methyl sites for hydroxylation is 1. The van der Waals surface area contributed by atoms with Gasteiger partial charge in [-0.1, -0.05) is 84.4 Å². The first-order valence-electron chi connectivity index (χ1n) is 10.8. The van der Waals surface area contributed by atoms with Crippen LogP contribution in [0, 0.1) is 12.3 Å². The second-order valence-electron chi connectivity index (χ2n) is 8.17. The number of nitrogens with zero attached hydrogens (tertiary/aromatic N) is 1. The van der Waals surface area contributed by atoms with E-state index >= 15 is 0 Å². The van der Waals surface area contributed by atoms with Crippen molar-refractivity contribution in [2.75, 3.05) is 18.6 Å². The van der Waals surface area contributed by atoms with Gasteiger partial charge in [-0.15, -0.1) is 0 Å². The van der Waals surface area contributed by atoms with Gasteiger partial charge in [-0.3, -0.25) is 9.59 Å². The summed E-state index contributed by atoms with van der Waals surface area (Å²) >= 11 is 0. The molecule has 0 radical (unpaired) electrons. The average Bonchev–Trinajstić information content (AvgIpc) is 3.16. The Labute approximate surface area is 189 Å². The number of rotatable bonds is 7. The Morgan fingerprint density at radius 1 is 1.00 bits per heavy atom.